The molecule has 0 radical (unpaired) electrons. The Labute approximate surface area is 95.9 Å². The number of hydrogen-bond acceptors (Lipinski definition) is 1. The van der Waals surface area contributed by atoms with Gasteiger partial charge in [0.1, 0.15) is 0 Å². The average molecular weight is 304 g/mol. The molecule has 0 saturated heterocycles. The second-order valence-corrected chi connectivity index (χ2v) is 6.28. The van der Waals surface area contributed by atoms with Crippen molar-refractivity contribution in [2.75, 3.05) is 0 Å². The minimum atomic E-state index is -0.326. The van der Waals surface area contributed by atoms with Gasteiger partial charge >= 0.3 is 96.0 Å². The number of aliphatic hydroxyl groups excluding tert-OH is 1. The SMILES string of the molecule is CCCC[Te]/C(O)=C\c1ccccc1. The topological polar surface area (TPSA) is 20.2 Å². The summed E-state index contributed by atoms with van der Waals surface area (Å²) in [5.74, 6) is 0. The molecule has 76 valence electrons. The van der Waals surface area contributed by atoms with Crippen LogP contribution in [0.25, 0.3) is 6.08 Å². The van der Waals surface area contributed by atoms with Crippen LogP contribution >= 0.6 is 0 Å². The molecule has 0 bridgehead atoms. The Bertz CT molecular complexity index is 280. The predicted octanol–water partition coefficient (Wildman–Crippen LogP) is 3.47. The van der Waals surface area contributed by atoms with Crippen molar-refractivity contribution in [3.8, 4) is 0 Å². The van der Waals surface area contributed by atoms with Gasteiger partial charge in [-0.25, -0.2) is 0 Å². The summed E-state index contributed by atoms with van der Waals surface area (Å²) in [7, 11) is 0. The van der Waals surface area contributed by atoms with Gasteiger partial charge in [0.2, 0.25) is 0 Å². The molecule has 0 amide bonds. The Morgan fingerprint density at radius 2 is 2.07 bits per heavy atom. The van der Waals surface area contributed by atoms with Crippen molar-refractivity contribution in [1.82, 2.24) is 0 Å². The fourth-order valence-electron chi connectivity index (χ4n) is 1.05. The predicted molar refractivity (Wildman–Crippen MR) is 62.5 cm³/mol. The third-order valence-electron chi connectivity index (χ3n) is 1.84. The van der Waals surface area contributed by atoms with Crippen LogP contribution in [0.4, 0.5) is 0 Å². The summed E-state index contributed by atoms with van der Waals surface area (Å²) in [5, 5.41) is 9.65. The zero-order valence-corrected chi connectivity index (χ0v) is 10.8. The van der Waals surface area contributed by atoms with E-state index in [-0.39, 0.29) is 20.9 Å². The van der Waals surface area contributed by atoms with Gasteiger partial charge in [-0.2, -0.15) is 0 Å². The summed E-state index contributed by atoms with van der Waals surface area (Å²) in [6.45, 7) is 2.19. The van der Waals surface area contributed by atoms with Crippen molar-refractivity contribution in [1.29, 1.82) is 0 Å². The third-order valence-corrected chi connectivity index (χ3v) is 4.42. The van der Waals surface area contributed by atoms with E-state index in [1.54, 1.807) is 0 Å². The number of benzene rings is 1. The second-order valence-electron chi connectivity index (χ2n) is 3.10. The maximum absolute atomic E-state index is 9.65. The van der Waals surface area contributed by atoms with E-state index >= 15 is 0 Å². The van der Waals surface area contributed by atoms with Gasteiger partial charge < -0.3 is 0 Å². The van der Waals surface area contributed by atoms with E-state index < -0.39 is 0 Å². The van der Waals surface area contributed by atoms with E-state index in [1.807, 2.05) is 36.4 Å². The van der Waals surface area contributed by atoms with Crippen molar-refractivity contribution >= 4 is 27.0 Å². The first kappa shape index (κ1) is 11.6. The Kier molecular flexibility index (Phi) is 5.75. The Hall–Kier alpha value is -0.450. The quantitative estimate of drug-likeness (QED) is 0.502. The molecule has 0 saturated carbocycles. The van der Waals surface area contributed by atoms with Crippen LogP contribution < -0.4 is 0 Å². The Morgan fingerprint density at radius 1 is 1.36 bits per heavy atom. The zero-order chi connectivity index (χ0) is 10.2. The Balaban J connectivity index is 2.43. The summed E-state index contributed by atoms with van der Waals surface area (Å²) in [6.07, 6.45) is 4.37. The van der Waals surface area contributed by atoms with Crippen LogP contribution in [0.1, 0.15) is 25.3 Å². The number of rotatable bonds is 5. The van der Waals surface area contributed by atoms with Gasteiger partial charge in [-0.05, 0) is 0 Å². The standard InChI is InChI=1S/C12H16OTe/c1-2-3-9-14-12(13)10-11-7-5-4-6-8-11/h4-8,10,13H,2-3,9H2,1H3/b12-10-. The van der Waals surface area contributed by atoms with Gasteiger partial charge in [-0.3, -0.25) is 0 Å². The van der Waals surface area contributed by atoms with Crippen molar-refractivity contribution in [2.45, 2.75) is 24.2 Å². The minimum absolute atomic E-state index is 0.326. The van der Waals surface area contributed by atoms with Gasteiger partial charge in [0.05, 0.1) is 0 Å². The number of hydrogen-bond donors (Lipinski definition) is 1. The molecular weight excluding hydrogens is 288 g/mol. The molecule has 0 aliphatic rings. The fraction of sp³-hybridized carbons (Fsp3) is 0.333. The molecule has 1 aromatic rings. The molecule has 0 heterocycles. The van der Waals surface area contributed by atoms with Crippen LogP contribution in [0.3, 0.4) is 0 Å². The van der Waals surface area contributed by atoms with Crippen LogP contribution in [0.5, 0.6) is 0 Å². The summed E-state index contributed by atoms with van der Waals surface area (Å²) >= 11 is -0.326. The molecule has 0 fully saturated rings. The Morgan fingerprint density at radius 3 is 2.71 bits per heavy atom. The van der Waals surface area contributed by atoms with Gasteiger partial charge in [0.15, 0.2) is 0 Å². The molecule has 0 aromatic heterocycles. The van der Waals surface area contributed by atoms with Gasteiger partial charge in [0.25, 0.3) is 0 Å². The summed E-state index contributed by atoms with van der Waals surface area (Å²) < 4.78 is 1.83. The average Bonchev–Trinajstić information content (AvgIpc) is 2.20. The van der Waals surface area contributed by atoms with Crippen LogP contribution in [0.2, 0.25) is 4.47 Å². The molecule has 0 spiro atoms. The summed E-state index contributed by atoms with van der Waals surface area (Å²) in [4.78, 5) is 0. The summed E-state index contributed by atoms with van der Waals surface area (Å²) in [5.41, 5.74) is 1.10. The molecule has 2 heteroatoms. The molecular formula is C12H16OTe. The first-order valence-electron chi connectivity index (χ1n) is 4.91. The van der Waals surface area contributed by atoms with Crippen LogP contribution in [-0.2, 0) is 0 Å². The normalized spacial score (nSPS) is 11.6. The first-order chi connectivity index (χ1) is 6.83. The molecule has 0 unspecified atom stereocenters. The van der Waals surface area contributed by atoms with Gasteiger partial charge in [-0.1, -0.05) is 0 Å². The molecule has 1 aromatic carbocycles. The molecule has 0 atom stereocenters. The van der Waals surface area contributed by atoms with Crippen molar-refractivity contribution in [3.63, 3.8) is 0 Å². The van der Waals surface area contributed by atoms with Crippen molar-refractivity contribution in [2.24, 2.45) is 0 Å². The van der Waals surface area contributed by atoms with E-state index in [4.69, 9.17) is 0 Å². The fourth-order valence-corrected chi connectivity index (χ4v) is 3.51. The number of aliphatic hydroxyl groups is 1. The van der Waals surface area contributed by atoms with E-state index in [0.29, 0.717) is 3.81 Å². The van der Waals surface area contributed by atoms with E-state index in [1.165, 1.54) is 17.3 Å². The first-order valence-corrected chi connectivity index (χ1v) is 7.72. The van der Waals surface area contributed by atoms with E-state index in [0.717, 1.165) is 5.56 Å². The van der Waals surface area contributed by atoms with E-state index in [2.05, 4.69) is 6.92 Å². The van der Waals surface area contributed by atoms with Crippen LogP contribution in [0, 0.1) is 0 Å². The van der Waals surface area contributed by atoms with Crippen molar-refractivity contribution < 1.29 is 5.11 Å². The maximum atomic E-state index is 9.65. The molecule has 0 aliphatic heterocycles. The number of unbranched alkanes of at least 4 members (excludes halogenated alkanes) is 1. The molecule has 14 heavy (non-hydrogen) atoms. The van der Waals surface area contributed by atoms with E-state index in [9.17, 15) is 5.11 Å². The van der Waals surface area contributed by atoms with Gasteiger partial charge in [0, 0.05) is 0 Å². The molecule has 1 N–H and O–H groups in total. The van der Waals surface area contributed by atoms with Crippen LogP contribution in [0.15, 0.2) is 34.1 Å². The second kappa shape index (κ2) is 6.92. The monoisotopic (exact) mass is 306 g/mol. The van der Waals surface area contributed by atoms with Crippen molar-refractivity contribution in [3.05, 3.63) is 39.7 Å². The molecule has 1 rings (SSSR count). The molecule has 1 nitrogen and oxygen atoms in total. The summed E-state index contributed by atoms with van der Waals surface area (Å²) in [6, 6.07) is 10.0. The van der Waals surface area contributed by atoms with Gasteiger partial charge in [-0.15, -0.1) is 0 Å². The molecule has 0 aliphatic carbocycles. The third kappa shape index (κ3) is 4.69. The zero-order valence-electron chi connectivity index (χ0n) is 8.44. The van der Waals surface area contributed by atoms with Crippen LogP contribution in [-0.4, -0.2) is 26.0 Å².